The predicted molar refractivity (Wildman–Crippen MR) is 148 cm³/mol. The molecule has 0 radical (unpaired) electrons. The number of nitrogens with zero attached hydrogens (tertiary/aromatic N) is 3. The van der Waals surface area contributed by atoms with Gasteiger partial charge < -0.3 is 10.1 Å². The number of anilines is 1. The smallest absolute Gasteiger partial charge is 0.273 e. The summed E-state index contributed by atoms with van der Waals surface area (Å²) in [5.41, 5.74) is 0.411. The molecular formula is C30H19FN4O3S. The van der Waals surface area contributed by atoms with Crippen molar-refractivity contribution in [2.45, 2.75) is 0 Å². The quantitative estimate of drug-likeness (QED) is 0.349. The van der Waals surface area contributed by atoms with E-state index in [9.17, 15) is 19.2 Å². The Morgan fingerprint density at radius 1 is 0.974 bits per heavy atom. The van der Waals surface area contributed by atoms with E-state index < -0.39 is 17.3 Å². The molecule has 39 heavy (non-hydrogen) atoms. The van der Waals surface area contributed by atoms with E-state index in [1.165, 1.54) is 28.8 Å². The number of halogens is 1. The molecule has 7 nitrogen and oxygen atoms in total. The molecule has 0 saturated carbocycles. The molecule has 2 heterocycles. The molecule has 0 aliphatic rings. The number of hydrogen-bond donors (Lipinski definition) is 1. The second-order valence-electron chi connectivity index (χ2n) is 8.14. The molecule has 0 fully saturated rings. The third-order valence-corrected chi connectivity index (χ3v) is 6.63. The molecule has 9 heteroatoms. The third kappa shape index (κ3) is 5.66. The molecule has 1 N–H and O–H groups in total. The van der Waals surface area contributed by atoms with Crippen molar-refractivity contribution in [2.75, 3.05) is 5.32 Å². The summed E-state index contributed by atoms with van der Waals surface area (Å²) in [6.07, 6.45) is 3.17. The lowest BCUT2D eigenvalue weighted by Crippen LogP contribution is -2.32. The van der Waals surface area contributed by atoms with Crippen LogP contribution >= 0.6 is 11.3 Å². The Morgan fingerprint density at radius 2 is 1.69 bits per heavy atom. The van der Waals surface area contributed by atoms with Crippen LogP contribution in [0.25, 0.3) is 17.3 Å². The molecule has 0 atom stereocenters. The van der Waals surface area contributed by atoms with Gasteiger partial charge in [0.25, 0.3) is 11.5 Å². The van der Waals surface area contributed by atoms with Gasteiger partial charge >= 0.3 is 0 Å². The average Bonchev–Trinajstić information content (AvgIpc) is 3.27. The summed E-state index contributed by atoms with van der Waals surface area (Å²) in [5, 5.41) is 12.8. The number of rotatable bonds is 6. The number of carbonyl (C=O) groups excluding carboxylic acids is 1. The zero-order valence-corrected chi connectivity index (χ0v) is 21.1. The minimum Gasteiger partial charge on any atom is -0.455 e. The van der Waals surface area contributed by atoms with E-state index in [0.717, 1.165) is 11.3 Å². The molecule has 3 aromatic carbocycles. The standard InChI is InChI=1S/C30H19FN4O3S/c31-20-13-15-22(16-14-20)35-29(37)27(18-21-8-6-7-17-33-21)39-30(35)24(19-32)28(36)34-25-11-4-5-12-26(25)38-23-9-2-1-3-10-23/h1-18H,(H,34,36)/b27-18-,30-24+. The largest absolute Gasteiger partial charge is 0.455 e. The first-order valence-corrected chi connectivity index (χ1v) is 12.5. The Kier molecular flexibility index (Phi) is 7.39. The first-order valence-electron chi connectivity index (χ1n) is 11.7. The highest BCUT2D eigenvalue weighted by atomic mass is 32.1. The summed E-state index contributed by atoms with van der Waals surface area (Å²) in [4.78, 5) is 31.2. The number of ether oxygens (including phenoxy) is 1. The van der Waals surface area contributed by atoms with Gasteiger partial charge in [0.15, 0.2) is 11.3 Å². The Hall–Kier alpha value is -5.33. The number of nitrogens with one attached hydrogen (secondary N) is 1. The number of nitriles is 1. The van der Waals surface area contributed by atoms with E-state index in [1.807, 2.05) is 24.3 Å². The number of hydrogen-bond acceptors (Lipinski definition) is 6. The highest BCUT2D eigenvalue weighted by molar-refractivity contribution is 7.07. The Bertz CT molecular complexity index is 1860. The summed E-state index contributed by atoms with van der Waals surface area (Å²) in [7, 11) is 0. The zero-order valence-electron chi connectivity index (χ0n) is 20.2. The van der Waals surface area contributed by atoms with Crippen LogP contribution in [0.4, 0.5) is 10.1 Å². The lowest BCUT2D eigenvalue weighted by molar-refractivity contribution is -0.111. The van der Waals surface area contributed by atoms with Crippen LogP contribution in [-0.2, 0) is 4.79 Å². The highest BCUT2D eigenvalue weighted by Crippen LogP contribution is 2.29. The number of pyridine rings is 1. The molecule has 0 aliphatic carbocycles. The van der Waals surface area contributed by atoms with Gasteiger partial charge in [-0.25, -0.2) is 4.39 Å². The summed E-state index contributed by atoms with van der Waals surface area (Å²) >= 11 is 0.968. The summed E-state index contributed by atoms with van der Waals surface area (Å²) < 4.78 is 21.1. The lowest BCUT2D eigenvalue weighted by atomic mass is 10.2. The van der Waals surface area contributed by atoms with Crippen molar-refractivity contribution < 1.29 is 13.9 Å². The Balaban J connectivity index is 1.63. The van der Waals surface area contributed by atoms with Crippen molar-refractivity contribution in [2.24, 2.45) is 0 Å². The van der Waals surface area contributed by atoms with Gasteiger partial charge in [-0.15, -0.1) is 11.3 Å². The van der Waals surface area contributed by atoms with E-state index >= 15 is 0 Å². The van der Waals surface area contributed by atoms with Crippen LogP contribution in [0.2, 0.25) is 0 Å². The van der Waals surface area contributed by atoms with Gasteiger partial charge in [-0.3, -0.25) is 19.1 Å². The van der Waals surface area contributed by atoms with Crippen LogP contribution in [0.5, 0.6) is 11.5 Å². The number of aromatic nitrogens is 2. The molecule has 0 unspecified atom stereocenters. The van der Waals surface area contributed by atoms with Crippen molar-refractivity contribution in [3.05, 3.63) is 134 Å². The average molecular weight is 535 g/mol. The maximum Gasteiger partial charge on any atom is 0.273 e. The lowest BCUT2D eigenvalue weighted by Gasteiger charge is -2.12. The van der Waals surface area contributed by atoms with Crippen molar-refractivity contribution in [1.82, 2.24) is 9.55 Å². The van der Waals surface area contributed by atoms with Crippen LogP contribution < -0.4 is 24.8 Å². The molecule has 5 aromatic rings. The predicted octanol–water partition coefficient (Wildman–Crippen LogP) is 4.37. The first kappa shape index (κ1) is 25.3. The molecule has 0 spiro atoms. The van der Waals surface area contributed by atoms with Crippen molar-refractivity contribution in [1.29, 1.82) is 5.26 Å². The summed E-state index contributed by atoms with van der Waals surface area (Å²) in [6, 6.07) is 28.3. The zero-order chi connectivity index (χ0) is 27.2. The van der Waals surface area contributed by atoms with E-state index in [4.69, 9.17) is 4.74 Å². The minimum atomic E-state index is -0.733. The molecule has 190 valence electrons. The van der Waals surface area contributed by atoms with Crippen LogP contribution in [0.1, 0.15) is 5.69 Å². The normalized spacial score (nSPS) is 11.9. The molecule has 0 aliphatic heterocycles. The first-order chi connectivity index (χ1) is 19.0. The van der Waals surface area contributed by atoms with Crippen LogP contribution in [0.15, 0.2) is 108 Å². The SMILES string of the molecule is N#C/C(C(=O)Nc1ccccc1Oc1ccccc1)=c1\s/c(=C\c2ccccn2)c(=O)n1-c1ccc(F)cc1. The number of amides is 1. The van der Waals surface area contributed by atoms with Crippen LogP contribution in [-0.4, -0.2) is 15.5 Å². The number of para-hydroxylation sites is 3. The van der Waals surface area contributed by atoms with Crippen LogP contribution in [0, 0.1) is 17.1 Å². The minimum absolute atomic E-state index is 0.0928. The van der Waals surface area contributed by atoms with Gasteiger partial charge in [-0.1, -0.05) is 36.4 Å². The monoisotopic (exact) mass is 534 g/mol. The van der Waals surface area contributed by atoms with E-state index in [-0.39, 0.29) is 14.8 Å². The second kappa shape index (κ2) is 11.4. The third-order valence-electron chi connectivity index (χ3n) is 5.53. The maximum atomic E-state index is 13.7. The second-order valence-corrected chi connectivity index (χ2v) is 9.17. The fraction of sp³-hybridized carbons (Fsp3) is 0. The number of benzene rings is 3. The molecule has 2 aromatic heterocycles. The fourth-order valence-electron chi connectivity index (χ4n) is 3.73. The Labute approximate surface area is 226 Å². The molecule has 5 rings (SSSR count). The van der Waals surface area contributed by atoms with E-state index in [0.29, 0.717) is 28.6 Å². The molecular weight excluding hydrogens is 515 g/mol. The van der Waals surface area contributed by atoms with Gasteiger partial charge in [0.2, 0.25) is 0 Å². The van der Waals surface area contributed by atoms with Gasteiger partial charge in [0.05, 0.1) is 21.6 Å². The highest BCUT2D eigenvalue weighted by Gasteiger charge is 2.19. The Morgan fingerprint density at radius 3 is 2.41 bits per heavy atom. The van der Waals surface area contributed by atoms with Crippen molar-refractivity contribution in [3.63, 3.8) is 0 Å². The van der Waals surface area contributed by atoms with E-state index in [1.54, 1.807) is 66.9 Å². The van der Waals surface area contributed by atoms with Gasteiger partial charge in [-0.2, -0.15) is 5.26 Å². The number of thiazole rings is 1. The van der Waals surface area contributed by atoms with Gasteiger partial charge in [-0.05, 0) is 66.7 Å². The van der Waals surface area contributed by atoms with Gasteiger partial charge in [0, 0.05) is 6.20 Å². The molecule has 0 saturated heterocycles. The van der Waals surface area contributed by atoms with Gasteiger partial charge in [0.1, 0.15) is 22.3 Å². The summed E-state index contributed by atoms with van der Waals surface area (Å²) in [5.74, 6) is -0.272. The van der Waals surface area contributed by atoms with E-state index in [2.05, 4.69) is 10.3 Å². The van der Waals surface area contributed by atoms with Crippen molar-refractivity contribution >= 4 is 34.6 Å². The maximum absolute atomic E-state index is 13.7. The summed E-state index contributed by atoms with van der Waals surface area (Å²) in [6.45, 7) is 0. The van der Waals surface area contributed by atoms with Crippen molar-refractivity contribution in [3.8, 4) is 23.3 Å². The fourth-order valence-corrected chi connectivity index (χ4v) is 4.81. The molecule has 0 bridgehead atoms. The molecule has 1 amide bonds. The van der Waals surface area contributed by atoms with Crippen LogP contribution in [0.3, 0.4) is 0 Å². The topological polar surface area (TPSA) is 97.0 Å². The number of carbonyl (C=O) groups is 1.